The number of benzene rings is 1. The summed E-state index contributed by atoms with van der Waals surface area (Å²) < 4.78 is 59.6. The molecule has 9 nitrogen and oxygen atoms in total. The standard InChI is InChI=1S/C22H12F4N8O/c23-15-4-2-1-3-13(15)16-5-12(35-33-16)6-17-14(7-27)18(19-20(28)31-10-32-34(17)19)11-8-29-21(30-9-11)22(24,25)26/h1-5,8-10H,6H2,(H2,28,31,32). The number of hydrogen-bond donors (Lipinski definition) is 1. The van der Waals surface area contributed by atoms with Crippen molar-refractivity contribution in [2.24, 2.45) is 0 Å². The molecule has 13 heteroatoms. The predicted octanol–water partition coefficient (Wildman–Crippen LogP) is 4.04. The lowest BCUT2D eigenvalue weighted by atomic mass is 10.0. The predicted molar refractivity (Wildman–Crippen MR) is 113 cm³/mol. The molecule has 0 fully saturated rings. The van der Waals surface area contributed by atoms with Crippen LogP contribution in [0.5, 0.6) is 0 Å². The highest BCUT2D eigenvalue weighted by molar-refractivity contribution is 5.92. The van der Waals surface area contributed by atoms with Crippen molar-refractivity contribution in [1.82, 2.24) is 29.7 Å². The number of nitrogen functional groups attached to an aromatic ring is 1. The second-order valence-corrected chi connectivity index (χ2v) is 7.34. The maximum Gasteiger partial charge on any atom is 0.451 e. The molecule has 5 rings (SSSR count). The molecule has 0 spiro atoms. The van der Waals surface area contributed by atoms with E-state index in [2.05, 4.69) is 25.2 Å². The molecular formula is C22H12F4N8O. The number of nitrogens with zero attached hydrogens (tertiary/aromatic N) is 7. The van der Waals surface area contributed by atoms with Gasteiger partial charge in [0.15, 0.2) is 5.82 Å². The van der Waals surface area contributed by atoms with Gasteiger partial charge < -0.3 is 10.3 Å². The van der Waals surface area contributed by atoms with Crippen LogP contribution in [0.4, 0.5) is 23.4 Å². The zero-order valence-corrected chi connectivity index (χ0v) is 17.5. The summed E-state index contributed by atoms with van der Waals surface area (Å²) in [5.41, 5.74) is 7.37. The van der Waals surface area contributed by atoms with Crippen LogP contribution in [0.3, 0.4) is 0 Å². The van der Waals surface area contributed by atoms with Crippen LogP contribution in [0.25, 0.3) is 27.9 Å². The van der Waals surface area contributed by atoms with Crippen molar-refractivity contribution in [2.75, 3.05) is 5.73 Å². The van der Waals surface area contributed by atoms with E-state index in [1.54, 1.807) is 18.2 Å². The molecule has 0 saturated carbocycles. The molecule has 0 bridgehead atoms. The Morgan fingerprint density at radius 3 is 2.54 bits per heavy atom. The van der Waals surface area contributed by atoms with E-state index in [9.17, 15) is 22.8 Å². The van der Waals surface area contributed by atoms with Crippen LogP contribution >= 0.6 is 0 Å². The van der Waals surface area contributed by atoms with Crippen molar-refractivity contribution < 1.29 is 22.1 Å². The van der Waals surface area contributed by atoms with Crippen molar-refractivity contribution in [3.05, 3.63) is 77.7 Å². The highest BCUT2D eigenvalue weighted by atomic mass is 19.4. The summed E-state index contributed by atoms with van der Waals surface area (Å²) in [6, 6.07) is 9.59. The number of fused-ring (bicyclic) bond motifs is 1. The average Bonchev–Trinajstić information content (AvgIpc) is 3.42. The molecule has 5 aromatic rings. The lowest BCUT2D eigenvalue weighted by Gasteiger charge is -2.06. The summed E-state index contributed by atoms with van der Waals surface area (Å²) >= 11 is 0. The molecule has 1 aromatic carbocycles. The minimum atomic E-state index is -4.73. The smallest absolute Gasteiger partial charge is 0.382 e. The van der Waals surface area contributed by atoms with Gasteiger partial charge in [-0.05, 0) is 12.1 Å². The van der Waals surface area contributed by atoms with E-state index in [4.69, 9.17) is 10.3 Å². The Balaban J connectivity index is 1.64. The maximum absolute atomic E-state index is 14.1. The van der Waals surface area contributed by atoms with Crippen molar-refractivity contribution in [2.45, 2.75) is 12.6 Å². The molecule has 0 unspecified atom stereocenters. The minimum absolute atomic E-state index is 0.0105. The number of rotatable bonds is 4. The molecular weight excluding hydrogens is 468 g/mol. The minimum Gasteiger partial charge on any atom is -0.382 e. The van der Waals surface area contributed by atoms with Crippen LogP contribution in [-0.4, -0.2) is 29.7 Å². The lowest BCUT2D eigenvalue weighted by molar-refractivity contribution is -0.144. The first-order valence-electron chi connectivity index (χ1n) is 9.92. The van der Waals surface area contributed by atoms with Crippen molar-refractivity contribution in [3.63, 3.8) is 0 Å². The summed E-state index contributed by atoms with van der Waals surface area (Å²) in [6.45, 7) is 0. The second-order valence-electron chi connectivity index (χ2n) is 7.34. The number of nitriles is 1. The van der Waals surface area contributed by atoms with Gasteiger partial charge in [-0.1, -0.05) is 17.3 Å². The van der Waals surface area contributed by atoms with E-state index in [0.29, 0.717) is 5.69 Å². The molecule has 4 aromatic heterocycles. The zero-order chi connectivity index (χ0) is 24.7. The van der Waals surface area contributed by atoms with Crippen LogP contribution < -0.4 is 5.73 Å². The summed E-state index contributed by atoms with van der Waals surface area (Å²) in [7, 11) is 0. The number of anilines is 1. The molecule has 0 atom stereocenters. The van der Waals surface area contributed by atoms with E-state index in [1.165, 1.54) is 23.0 Å². The zero-order valence-electron chi connectivity index (χ0n) is 17.5. The fourth-order valence-electron chi connectivity index (χ4n) is 3.70. The highest BCUT2D eigenvalue weighted by Crippen LogP contribution is 2.36. The maximum atomic E-state index is 14.1. The van der Waals surface area contributed by atoms with Crippen LogP contribution in [0.2, 0.25) is 0 Å². The number of aromatic nitrogens is 6. The van der Waals surface area contributed by atoms with Gasteiger partial charge in [0.2, 0.25) is 5.82 Å². The lowest BCUT2D eigenvalue weighted by Crippen LogP contribution is -2.10. The van der Waals surface area contributed by atoms with Crippen LogP contribution in [0, 0.1) is 17.1 Å². The fraction of sp³-hybridized carbons (Fsp3) is 0.0909. The molecule has 4 heterocycles. The van der Waals surface area contributed by atoms with E-state index in [-0.39, 0.29) is 51.5 Å². The van der Waals surface area contributed by atoms with Gasteiger partial charge in [0.1, 0.15) is 35.2 Å². The number of hydrogen-bond acceptors (Lipinski definition) is 8. The second kappa shape index (κ2) is 8.17. The largest absolute Gasteiger partial charge is 0.451 e. The van der Waals surface area contributed by atoms with Gasteiger partial charge in [0.25, 0.3) is 0 Å². The molecule has 2 N–H and O–H groups in total. The van der Waals surface area contributed by atoms with Gasteiger partial charge in [-0.25, -0.2) is 23.9 Å². The Morgan fingerprint density at radius 1 is 1.11 bits per heavy atom. The van der Waals surface area contributed by atoms with E-state index >= 15 is 0 Å². The third kappa shape index (κ3) is 3.80. The molecule has 0 aliphatic heterocycles. The molecule has 0 radical (unpaired) electrons. The van der Waals surface area contributed by atoms with Gasteiger partial charge in [-0.2, -0.15) is 23.5 Å². The van der Waals surface area contributed by atoms with E-state index in [1.807, 2.05) is 6.07 Å². The van der Waals surface area contributed by atoms with E-state index < -0.39 is 17.8 Å². The van der Waals surface area contributed by atoms with Gasteiger partial charge in [-0.3, -0.25) is 0 Å². The quantitative estimate of drug-likeness (QED) is 0.381. The topological polar surface area (TPSA) is 132 Å². The Morgan fingerprint density at radius 2 is 1.86 bits per heavy atom. The summed E-state index contributed by atoms with van der Waals surface area (Å²) in [4.78, 5) is 10.7. The van der Waals surface area contributed by atoms with Crippen LogP contribution in [0.1, 0.15) is 22.8 Å². The van der Waals surface area contributed by atoms with Gasteiger partial charge >= 0.3 is 6.18 Å². The molecule has 35 heavy (non-hydrogen) atoms. The van der Waals surface area contributed by atoms with Gasteiger partial charge in [0.05, 0.1) is 17.7 Å². The summed E-state index contributed by atoms with van der Waals surface area (Å²) in [6.07, 6.45) is -1.66. The average molecular weight is 480 g/mol. The third-order valence-electron chi connectivity index (χ3n) is 5.21. The number of alkyl halides is 3. The fourth-order valence-corrected chi connectivity index (χ4v) is 3.70. The monoisotopic (exact) mass is 480 g/mol. The first-order chi connectivity index (χ1) is 16.8. The summed E-state index contributed by atoms with van der Waals surface area (Å²) in [5.74, 6) is -1.54. The Labute approximate surface area is 193 Å². The number of halogens is 4. The first kappa shape index (κ1) is 22.0. The molecule has 0 amide bonds. The molecule has 0 aliphatic carbocycles. The SMILES string of the molecule is N#Cc1c(-c2cnc(C(F)(F)F)nc2)c2c(N)ncnn2c1Cc1cc(-c2ccccc2F)no1. The molecule has 0 aliphatic rings. The van der Waals surface area contributed by atoms with Gasteiger partial charge in [-0.15, -0.1) is 0 Å². The Bertz CT molecular complexity index is 1600. The Hall–Kier alpha value is -4.86. The number of nitrogens with two attached hydrogens (primary N) is 1. The van der Waals surface area contributed by atoms with Crippen molar-refractivity contribution in [3.8, 4) is 28.5 Å². The summed E-state index contributed by atoms with van der Waals surface area (Å²) in [5, 5.41) is 18.0. The normalized spacial score (nSPS) is 11.6. The van der Waals surface area contributed by atoms with Crippen molar-refractivity contribution in [1.29, 1.82) is 5.26 Å². The third-order valence-corrected chi connectivity index (χ3v) is 5.21. The van der Waals surface area contributed by atoms with E-state index in [0.717, 1.165) is 12.4 Å². The van der Waals surface area contributed by atoms with Crippen LogP contribution in [-0.2, 0) is 12.6 Å². The Kier molecular flexibility index (Phi) is 5.13. The molecule has 0 saturated heterocycles. The van der Waals surface area contributed by atoms with Crippen molar-refractivity contribution >= 4 is 11.3 Å². The molecule has 174 valence electrons. The highest BCUT2D eigenvalue weighted by Gasteiger charge is 2.34. The van der Waals surface area contributed by atoms with Crippen LogP contribution in [0.15, 0.2) is 53.6 Å². The van der Waals surface area contributed by atoms with Gasteiger partial charge in [0, 0.05) is 35.2 Å². The first-order valence-corrected chi connectivity index (χ1v) is 9.92.